The summed E-state index contributed by atoms with van der Waals surface area (Å²) in [5.41, 5.74) is 2.64. The Morgan fingerprint density at radius 2 is 1.52 bits per heavy atom. The highest BCUT2D eigenvalue weighted by atomic mass is 16.4. The molecule has 0 aliphatic carbocycles. The molecule has 0 saturated heterocycles. The quantitative estimate of drug-likeness (QED) is 0.512. The van der Waals surface area contributed by atoms with Crippen LogP contribution in [-0.2, 0) is 0 Å². The van der Waals surface area contributed by atoms with Gasteiger partial charge in [0.2, 0.25) is 0 Å². The lowest BCUT2D eigenvalue weighted by atomic mass is 10.1. The zero-order valence-electron chi connectivity index (χ0n) is 13.9. The molecule has 2 heterocycles. The van der Waals surface area contributed by atoms with Gasteiger partial charge >= 0.3 is 11.9 Å². The number of hydrogen-bond acceptors (Lipinski definition) is 4. The standard InChI is InChI=1S/C20H13N3O4/c24-19(25)13-8-6-11(7-9-13)15-10-14(20(26)27)16-18(21-15)23-17(22-16)12-4-2-1-3-5-12/h1-10H,(H,24,25)(H,26,27)(H,21,22,23). The molecule has 0 radical (unpaired) electrons. The Bertz CT molecular complexity index is 1170. The van der Waals surface area contributed by atoms with E-state index in [0.717, 1.165) is 5.56 Å². The van der Waals surface area contributed by atoms with Crippen molar-refractivity contribution in [2.24, 2.45) is 0 Å². The van der Waals surface area contributed by atoms with Crippen molar-refractivity contribution in [1.82, 2.24) is 15.0 Å². The van der Waals surface area contributed by atoms with Crippen LogP contribution in [0.3, 0.4) is 0 Å². The molecule has 2 aromatic carbocycles. The van der Waals surface area contributed by atoms with Gasteiger partial charge in [-0.15, -0.1) is 0 Å². The van der Waals surface area contributed by atoms with Gasteiger partial charge in [0, 0.05) is 11.1 Å². The number of carboxylic acids is 2. The van der Waals surface area contributed by atoms with Crippen molar-refractivity contribution in [3.63, 3.8) is 0 Å². The fourth-order valence-corrected chi connectivity index (χ4v) is 2.82. The van der Waals surface area contributed by atoms with Gasteiger partial charge in [-0.2, -0.15) is 0 Å². The van der Waals surface area contributed by atoms with Crippen molar-refractivity contribution in [2.75, 3.05) is 0 Å². The normalized spacial score (nSPS) is 10.8. The van der Waals surface area contributed by atoms with Crippen LogP contribution in [0.25, 0.3) is 33.8 Å². The molecule has 0 fully saturated rings. The van der Waals surface area contributed by atoms with E-state index in [4.69, 9.17) is 5.11 Å². The van der Waals surface area contributed by atoms with Gasteiger partial charge in [-0.1, -0.05) is 42.5 Å². The number of carbonyl (C=O) groups is 2. The van der Waals surface area contributed by atoms with Gasteiger partial charge in [-0.3, -0.25) is 0 Å². The molecule has 4 aromatic rings. The second kappa shape index (κ2) is 6.38. The smallest absolute Gasteiger partial charge is 0.338 e. The lowest BCUT2D eigenvalue weighted by Crippen LogP contribution is -2.00. The van der Waals surface area contributed by atoms with E-state index in [1.165, 1.54) is 18.2 Å². The predicted molar refractivity (Wildman–Crippen MR) is 98.7 cm³/mol. The van der Waals surface area contributed by atoms with Gasteiger partial charge in [0.1, 0.15) is 5.82 Å². The number of imidazole rings is 1. The summed E-state index contributed by atoms with van der Waals surface area (Å²) in [6.07, 6.45) is 0. The molecule has 0 atom stereocenters. The number of aromatic carboxylic acids is 2. The van der Waals surface area contributed by atoms with Crippen LogP contribution in [0.2, 0.25) is 0 Å². The number of carboxylic acid groups (broad SMARTS) is 2. The first-order valence-corrected chi connectivity index (χ1v) is 8.06. The molecule has 0 unspecified atom stereocenters. The Morgan fingerprint density at radius 3 is 2.15 bits per heavy atom. The highest BCUT2D eigenvalue weighted by molar-refractivity contribution is 6.02. The average molecular weight is 359 g/mol. The van der Waals surface area contributed by atoms with Gasteiger partial charge < -0.3 is 15.2 Å². The summed E-state index contributed by atoms with van der Waals surface area (Å²) in [5, 5.41) is 18.6. The van der Waals surface area contributed by atoms with Crippen LogP contribution in [0.5, 0.6) is 0 Å². The number of rotatable bonds is 4. The van der Waals surface area contributed by atoms with Crippen molar-refractivity contribution in [1.29, 1.82) is 0 Å². The molecule has 27 heavy (non-hydrogen) atoms. The zero-order chi connectivity index (χ0) is 19.0. The molecular formula is C20H13N3O4. The first-order chi connectivity index (χ1) is 13.0. The third-order valence-corrected chi connectivity index (χ3v) is 4.17. The van der Waals surface area contributed by atoms with E-state index in [1.54, 1.807) is 12.1 Å². The topological polar surface area (TPSA) is 116 Å². The number of aromatic nitrogens is 3. The van der Waals surface area contributed by atoms with Crippen molar-refractivity contribution < 1.29 is 19.8 Å². The van der Waals surface area contributed by atoms with Crippen LogP contribution in [0.15, 0.2) is 60.7 Å². The van der Waals surface area contributed by atoms with E-state index in [0.29, 0.717) is 22.6 Å². The molecule has 0 amide bonds. The first kappa shape index (κ1) is 16.5. The largest absolute Gasteiger partial charge is 0.478 e. The van der Waals surface area contributed by atoms with E-state index in [9.17, 15) is 14.7 Å². The summed E-state index contributed by atoms with van der Waals surface area (Å²) in [6, 6.07) is 16.9. The summed E-state index contributed by atoms with van der Waals surface area (Å²) in [6.45, 7) is 0. The van der Waals surface area contributed by atoms with Crippen molar-refractivity contribution in [2.45, 2.75) is 0 Å². The maximum atomic E-state index is 11.7. The predicted octanol–water partition coefficient (Wildman–Crippen LogP) is 3.69. The van der Waals surface area contributed by atoms with E-state index < -0.39 is 11.9 Å². The summed E-state index contributed by atoms with van der Waals surface area (Å²) < 4.78 is 0. The fourth-order valence-electron chi connectivity index (χ4n) is 2.82. The number of nitrogens with zero attached hydrogens (tertiary/aromatic N) is 2. The Hall–Kier alpha value is -4.00. The van der Waals surface area contributed by atoms with E-state index in [-0.39, 0.29) is 16.8 Å². The highest BCUT2D eigenvalue weighted by Crippen LogP contribution is 2.26. The lowest BCUT2D eigenvalue weighted by molar-refractivity contribution is 0.0687. The zero-order valence-corrected chi connectivity index (χ0v) is 13.9. The van der Waals surface area contributed by atoms with E-state index >= 15 is 0 Å². The van der Waals surface area contributed by atoms with Gasteiger partial charge in [0.15, 0.2) is 5.65 Å². The van der Waals surface area contributed by atoms with Crippen molar-refractivity contribution in [3.05, 3.63) is 71.8 Å². The first-order valence-electron chi connectivity index (χ1n) is 8.06. The van der Waals surface area contributed by atoms with Crippen LogP contribution in [-0.4, -0.2) is 37.1 Å². The minimum atomic E-state index is -1.10. The maximum Gasteiger partial charge on any atom is 0.338 e. The molecule has 132 valence electrons. The Labute approximate surface area is 153 Å². The van der Waals surface area contributed by atoms with Gasteiger partial charge in [0.25, 0.3) is 0 Å². The minimum absolute atomic E-state index is 0.0481. The molecule has 4 rings (SSSR count). The minimum Gasteiger partial charge on any atom is -0.478 e. The third-order valence-electron chi connectivity index (χ3n) is 4.17. The Kier molecular flexibility index (Phi) is 3.89. The number of nitrogens with one attached hydrogen (secondary N) is 1. The maximum absolute atomic E-state index is 11.7. The molecule has 0 saturated carbocycles. The van der Waals surface area contributed by atoms with Crippen LogP contribution in [0.4, 0.5) is 0 Å². The van der Waals surface area contributed by atoms with Crippen LogP contribution >= 0.6 is 0 Å². The highest BCUT2D eigenvalue weighted by Gasteiger charge is 2.17. The van der Waals surface area contributed by atoms with Gasteiger partial charge in [-0.25, -0.2) is 19.6 Å². The molecule has 0 aliphatic heterocycles. The third kappa shape index (κ3) is 3.02. The molecular weight excluding hydrogens is 346 g/mol. The second-order valence-corrected chi connectivity index (χ2v) is 5.89. The molecule has 0 bridgehead atoms. The van der Waals surface area contributed by atoms with Crippen molar-refractivity contribution in [3.8, 4) is 22.6 Å². The number of hydrogen-bond donors (Lipinski definition) is 3. The fraction of sp³-hybridized carbons (Fsp3) is 0. The average Bonchev–Trinajstić information content (AvgIpc) is 3.12. The SMILES string of the molecule is O=C(O)c1ccc(-c2cc(C(=O)O)c3[nH]c(-c4ccccc4)nc3n2)cc1. The number of H-pyrrole nitrogens is 1. The molecule has 3 N–H and O–H groups in total. The second-order valence-electron chi connectivity index (χ2n) is 5.89. The summed E-state index contributed by atoms with van der Waals surface area (Å²) in [5.74, 6) is -1.61. The molecule has 2 aromatic heterocycles. The van der Waals surface area contributed by atoms with Gasteiger partial charge in [-0.05, 0) is 18.2 Å². The van der Waals surface area contributed by atoms with E-state index in [1.807, 2.05) is 30.3 Å². The summed E-state index contributed by atoms with van der Waals surface area (Å²) in [4.78, 5) is 34.7. The molecule has 0 spiro atoms. The number of benzene rings is 2. The van der Waals surface area contributed by atoms with E-state index in [2.05, 4.69) is 15.0 Å². The van der Waals surface area contributed by atoms with Crippen LogP contribution < -0.4 is 0 Å². The van der Waals surface area contributed by atoms with Crippen molar-refractivity contribution >= 4 is 23.1 Å². The monoisotopic (exact) mass is 359 g/mol. The number of aromatic amines is 1. The van der Waals surface area contributed by atoms with Gasteiger partial charge in [0.05, 0.1) is 22.3 Å². The number of fused-ring (bicyclic) bond motifs is 1. The lowest BCUT2D eigenvalue weighted by Gasteiger charge is -2.04. The molecule has 0 aliphatic rings. The Balaban J connectivity index is 1.87. The summed E-state index contributed by atoms with van der Waals surface area (Å²) in [7, 11) is 0. The molecule has 7 nitrogen and oxygen atoms in total. The summed E-state index contributed by atoms with van der Waals surface area (Å²) >= 11 is 0. The van der Waals surface area contributed by atoms with Crippen LogP contribution in [0, 0.1) is 0 Å². The number of pyridine rings is 1. The van der Waals surface area contributed by atoms with Crippen LogP contribution in [0.1, 0.15) is 20.7 Å². The molecule has 7 heteroatoms. The Morgan fingerprint density at radius 1 is 0.815 bits per heavy atom.